The third-order valence-electron chi connectivity index (χ3n) is 3.14. The standard InChI is InChI=1S/C14H29N3/c1-5-7-9-16-11-12-17(10-8-6-2)14(16)15-13(3)4/h13H,5-12H2,1-4H3. The molecule has 0 atom stereocenters. The molecular weight excluding hydrogens is 210 g/mol. The maximum atomic E-state index is 4.81. The van der Waals surface area contributed by atoms with Crippen molar-refractivity contribution in [3.63, 3.8) is 0 Å². The highest BCUT2D eigenvalue weighted by molar-refractivity contribution is 5.82. The first kappa shape index (κ1) is 14.3. The molecule has 100 valence electrons. The van der Waals surface area contributed by atoms with E-state index in [4.69, 9.17) is 4.99 Å². The Balaban J connectivity index is 2.61. The lowest BCUT2D eigenvalue weighted by Crippen LogP contribution is -2.35. The molecule has 1 fully saturated rings. The molecule has 1 heterocycles. The van der Waals surface area contributed by atoms with Crippen LogP contribution < -0.4 is 0 Å². The Hall–Kier alpha value is -0.730. The third-order valence-corrected chi connectivity index (χ3v) is 3.14. The molecule has 0 bridgehead atoms. The number of hydrogen-bond donors (Lipinski definition) is 0. The summed E-state index contributed by atoms with van der Waals surface area (Å²) in [6.45, 7) is 13.5. The summed E-state index contributed by atoms with van der Waals surface area (Å²) in [6.07, 6.45) is 5.08. The van der Waals surface area contributed by atoms with Gasteiger partial charge in [-0.05, 0) is 26.7 Å². The van der Waals surface area contributed by atoms with Gasteiger partial charge in [-0.15, -0.1) is 0 Å². The van der Waals surface area contributed by atoms with Crippen molar-refractivity contribution < 1.29 is 0 Å². The van der Waals surface area contributed by atoms with Crippen LogP contribution >= 0.6 is 0 Å². The van der Waals surface area contributed by atoms with Gasteiger partial charge in [0.1, 0.15) is 0 Å². The molecule has 1 aliphatic rings. The second-order valence-corrected chi connectivity index (χ2v) is 5.20. The van der Waals surface area contributed by atoms with Gasteiger partial charge in [-0.25, -0.2) is 0 Å². The van der Waals surface area contributed by atoms with E-state index in [9.17, 15) is 0 Å². The smallest absolute Gasteiger partial charge is 0.196 e. The largest absolute Gasteiger partial charge is 0.341 e. The zero-order valence-electron chi connectivity index (χ0n) is 12.1. The van der Waals surface area contributed by atoms with Crippen molar-refractivity contribution in [2.75, 3.05) is 26.2 Å². The summed E-state index contributed by atoms with van der Waals surface area (Å²) in [7, 11) is 0. The SMILES string of the molecule is CCCCN1CCN(CCCC)C1=NC(C)C. The molecule has 0 unspecified atom stereocenters. The minimum Gasteiger partial charge on any atom is -0.341 e. The summed E-state index contributed by atoms with van der Waals surface area (Å²) in [5.74, 6) is 1.25. The van der Waals surface area contributed by atoms with Gasteiger partial charge in [-0.2, -0.15) is 0 Å². The van der Waals surface area contributed by atoms with Gasteiger partial charge >= 0.3 is 0 Å². The molecule has 1 saturated heterocycles. The molecule has 3 nitrogen and oxygen atoms in total. The van der Waals surface area contributed by atoms with E-state index in [0.717, 1.165) is 13.1 Å². The lowest BCUT2D eigenvalue weighted by atomic mass is 10.3. The van der Waals surface area contributed by atoms with Gasteiger partial charge < -0.3 is 9.80 Å². The molecule has 0 N–H and O–H groups in total. The van der Waals surface area contributed by atoms with E-state index in [2.05, 4.69) is 37.5 Å². The van der Waals surface area contributed by atoms with Crippen LogP contribution in [0.25, 0.3) is 0 Å². The molecule has 0 aliphatic carbocycles. The number of aliphatic imine (C=N–C) groups is 1. The molecule has 0 spiro atoms. The number of unbranched alkanes of at least 4 members (excludes halogenated alkanes) is 2. The van der Waals surface area contributed by atoms with Crippen molar-refractivity contribution in [3.8, 4) is 0 Å². The van der Waals surface area contributed by atoms with Crippen LogP contribution in [0.3, 0.4) is 0 Å². The van der Waals surface area contributed by atoms with Crippen molar-refractivity contribution in [3.05, 3.63) is 0 Å². The molecule has 17 heavy (non-hydrogen) atoms. The van der Waals surface area contributed by atoms with Crippen molar-refractivity contribution >= 4 is 5.96 Å². The minimum atomic E-state index is 0.399. The van der Waals surface area contributed by atoms with E-state index in [1.54, 1.807) is 0 Å². The molecule has 0 aromatic carbocycles. The van der Waals surface area contributed by atoms with E-state index in [-0.39, 0.29) is 0 Å². The summed E-state index contributed by atoms with van der Waals surface area (Å²) < 4.78 is 0. The Bertz CT molecular complexity index is 218. The Morgan fingerprint density at radius 1 is 1.00 bits per heavy atom. The van der Waals surface area contributed by atoms with Crippen molar-refractivity contribution in [1.82, 2.24) is 9.80 Å². The molecule has 0 aromatic heterocycles. The topological polar surface area (TPSA) is 18.8 Å². The van der Waals surface area contributed by atoms with Crippen LogP contribution in [0.4, 0.5) is 0 Å². The van der Waals surface area contributed by atoms with Gasteiger partial charge in [0, 0.05) is 32.2 Å². The van der Waals surface area contributed by atoms with Crippen LogP contribution in [0.15, 0.2) is 4.99 Å². The second-order valence-electron chi connectivity index (χ2n) is 5.20. The zero-order chi connectivity index (χ0) is 12.7. The van der Waals surface area contributed by atoms with Crippen LogP contribution in [0.2, 0.25) is 0 Å². The first-order chi connectivity index (χ1) is 8.19. The van der Waals surface area contributed by atoms with Crippen LogP contribution in [0.5, 0.6) is 0 Å². The third kappa shape index (κ3) is 4.57. The summed E-state index contributed by atoms with van der Waals surface area (Å²) in [5, 5.41) is 0. The fourth-order valence-electron chi connectivity index (χ4n) is 2.16. The van der Waals surface area contributed by atoms with E-state index in [0.29, 0.717) is 6.04 Å². The van der Waals surface area contributed by atoms with Gasteiger partial charge in [-0.1, -0.05) is 26.7 Å². The lowest BCUT2D eigenvalue weighted by molar-refractivity contribution is 0.439. The first-order valence-corrected chi connectivity index (χ1v) is 7.26. The van der Waals surface area contributed by atoms with E-state index >= 15 is 0 Å². The van der Waals surface area contributed by atoms with Crippen LogP contribution in [-0.4, -0.2) is 48.0 Å². The zero-order valence-corrected chi connectivity index (χ0v) is 12.1. The Morgan fingerprint density at radius 3 is 1.82 bits per heavy atom. The summed E-state index contributed by atoms with van der Waals surface area (Å²) in [6, 6.07) is 0.399. The normalized spacial score (nSPS) is 16.2. The van der Waals surface area contributed by atoms with Crippen LogP contribution in [0, 0.1) is 0 Å². The highest BCUT2D eigenvalue weighted by Crippen LogP contribution is 2.12. The predicted octanol–water partition coefficient (Wildman–Crippen LogP) is 2.97. The lowest BCUT2D eigenvalue weighted by Gasteiger charge is -2.24. The van der Waals surface area contributed by atoms with Gasteiger partial charge in [0.25, 0.3) is 0 Å². The molecule has 0 aromatic rings. The van der Waals surface area contributed by atoms with Crippen LogP contribution in [-0.2, 0) is 0 Å². The minimum absolute atomic E-state index is 0.399. The molecule has 1 aliphatic heterocycles. The number of rotatable bonds is 7. The predicted molar refractivity (Wildman–Crippen MR) is 75.5 cm³/mol. The summed E-state index contributed by atoms with van der Waals surface area (Å²) >= 11 is 0. The maximum absolute atomic E-state index is 4.81. The quantitative estimate of drug-likeness (QED) is 0.680. The number of nitrogens with zero attached hydrogens (tertiary/aromatic N) is 3. The first-order valence-electron chi connectivity index (χ1n) is 7.26. The maximum Gasteiger partial charge on any atom is 0.196 e. The molecular formula is C14H29N3. The van der Waals surface area contributed by atoms with E-state index in [1.807, 2.05) is 0 Å². The highest BCUT2D eigenvalue weighted by atomic mass is 15.4. The Kier molecular flexibility index (Phi) is 6.38. The average Bonchev–Trinajstić information content (AvgIpc) is 2.65. The monoisotopic (exact) mass is 239 g/mol. The second kappa shape index (κ2) is 7.57. The molecule has 0 radical (unpaired) electrons. The average molecular weight is 239 g/mol. The van der Waals surface area contributed by atoms with Gasteiger partial charge in [0.15, 0.2) is 5.96 Å². The number of hydrogen-bond acceptors (Lipinski definition) is 1. The van der Waals surface area contributed by atoms with Crippen LogP contribution in [0.1, 0.15) is 53.4 Å². The highest BCUT2D eigenvalue weighted by Gasteiger charge is 2.25. The molecule has 3 heteroatoms. The van der Waals surface area contributed by atoms with Gasteiger partial charge in [0.05, 0.1) is 0 Å². The number of guanidine groups is 1. The molecule has 1 rings (SSSR count). The van der Waals surface area contributed by atoms with E-state index < -0.39 is 0 Å². The molecule has 0 amide bonds. The molecule has 0 saturated carbocycles. The van der Waals surface area contributed by atoms with Crippen molar-refractivity contribution in [2.45, 2.75) is 59.4 Å². The summed E-state index contributed by atoms with van der Waals surface area (Å²) in [4.78, 5) is 9.76. The summed E-state index contributed by atoms with van der Waals surface area (Å²) in [5.41, 5.74) is 0. The fraction of sp³-hybridized carbons (Fsp3) is 0.929. The Morgan fingerprint density at radius 2 is 1.47 bits per heavy atom. The van der Waals surface area contributed by atoms with Gasteiger partial charge in [0.2, 0.25) is 0 Å². The van der Waals surface area contributed by atoms with Gasteiger partial charge in [-0.3, -0.25) is 4.99 Å². The fourth-order valence-corrected chi connectivity index (χ4v) is 2.16. The Labute approximate surface area is 107 Å². The van der Waals surface area contributed by atoms with Crippen molar-refractivity contribution in [1.29, 1.82) is 0 Å². The van der Waals surface area contributed by atoms with E-state index in [1.165, 1.54) is 44.7 Å². The van der Waals surface area contributed by atoms with Crippen molar-refractivity contribution in [2.24, 2.45) is 4.99 Å².